The van der Waals surface area contributed by atoms with Gasteiger partial charge in [0.1, 0.15) is 0 Å². The van der Waals surface area contributed by atoms with Gasteiger partial charge in [-0.3, -0.25) is 9.59 Å². The van der Waals surface area contributed by atoms with Gasteiger partial charge in [-0.2, -0.15) is 0 Å². The van der Waals surface area contributed by atoms with Crippen molar-refractivity contribution in [1.82, 2.24) is 10.2 Å². The summed E-state index contributed by atoms with van der Waals surface area (Å²) in [5.41, 5.74) is 4.58. The maximum atomic E-state index is 12.9. The van der Waals surface area contributed by atoms with Gasteiger partial charge in [-0.15, -0.1) is 0 Å². The summed E-state index contributed by atoms with van der Waals surface area (Å²) in [4.78, 5) is 27.0. The molecule has 0 radical (unpaired) electrons. The molecule has 0 aromatic heterocycles. The van der Waals surface area contributed by atoms with Gasteiger partial charge in [-0.05, 0) is 49.4 Å². The summed E-state index contributed by atoms with van der Waals surface area (Å²) >= 11 is 0. The van der Waals surface area contributed by atoms with Crippen molar-refractivity contribution >= 4 is 17.5 Å². The topological polar surface area (TPSA) is 61.4 Å². The number of rotatable bonds is 6. The van der Waals surface area contributed by atoms with Crippen LogP contribution in [0.2, 0.25) is 0 Å². The molecule has 0 saturated carbocycles. The number of nitrogens with zero attached hydrogens (tertiary/aromatic N) is 1. The van der Waals surface area contributed by atoms with E-state index in [1.54, 1.807) is 0 Å². The molecule has 2 aromatic carbocycles. The highest BCUT2D eigenvalue weighted by Crippen LogP contribution is 2.23. The first-order valence-corrected chi connectivity index (χ1v) is 9.50. The van der Waals surface area contributed by atoms with E-state index in [9.17, 15) is 9.59 Å². The lowest BCUT2D eigenvalue weighted by Crippen LogP contribution is -2.32. The van der Waals surface area contributed by atoms with Gasteiger partial charge in [0.2, 0.25) is 5.91 Å². The number of carbonyl (C=O) groups excluding carboxylic acids is 2. The second-order valence-electron chi connectivity index (χ2n) is 7.05. The highest BCUT2D eigenvalue weighted by Gasteiger charge is 2.23. The Morgan fingerprint density at radius 2 is 1.67 bits per heavy atom. The lowest BCUT2D eigenvalue weighted by molar-refractivity contribution is -0.119. The van der Waals surface area contributed by atoms with Crippen LogP contribution in [0.5, 0.6) is 0 Å². The number of hydrogen-bond acceptors (Lipinski definition) is 3. The third kappa shape index (κ3) is 4.67. The maximum Gasteiger partial charge on any atom is 0.256 e. The molecule has 2 aromatic rings. The molecule has 2 N–H and O–H groups in total. The van der Waals surface area contributed by atoms with Gasteiger partial charge >= 0.3 is 0 Å². The summed E-state index contributed by atoms with van der Waals surface area (Å²) in [5, 5.41) is 6.08. The van der Waals surface area contributed by atoms with Gasteiger partial charge in [0, 0.05) is 25.3 Å². The fourth-order valence-electron chi connectivity index (χ4n) is 3.42. The fraction of sp³-hybridized carbons (Fsp3) is 0.364. The van der Waals surface area contributed by atoms with Gasteiger partial charge < -0.3 is 15.5 Å². The van der Waals surface area contributed by atoms with E-state index >= 15 is 0 Å². The third-order valence-corrected chi connectivity index (χ3v) is 5.06. The van der Waals surface area contributed by atoms with Crippen molar-refractivity contribution in [1.29, 1.82) is 0 Å². The number of hydrogen-bond donors (Lipinski definition) is 2. The zero-order valence-corrected chi connectivity index (χ0v) is 16.0. The first kappa shape index (κ1) is 19.0. The van der Waals surface area contributed by atoms with Crippen LogP contribution in [0.4, 0.5) is 5.69 Å². The quantitative estimate of drug-likeness (QED) is 0.826. The molecule has 5 heteroatoms. The smallest absolute Gasteiger partial charge is 0.256 e. The molecule has 5 nitrogen and oxygen atoms in total. The molecule has 142 valence electrons. The van der Waals surface area contributed by atoms with Gasteiger partial charge in [0.15, 0.2) is 0 Å². The number of aryl methyl sites for hydroxylation is 2. The fourth-order valence-corrected chi connectivity index (χ4v) is 3.42. The van der Waals surface area contributed by atoms with E-state index in [4.69, 9.17) is 0 Å². The Morgan fingerprint density at radius 3 is 2.41 bits per heavy atom. The number of anilines is 1. The third-order valence-electron chi connectivity index (χ3n) is 5.06. The summed E-state index contributed by atoms with van der Waals surface area (Å²) in [6, 6.07) is 13.7. The molecule has 1 fully saturated rings. The van der Waals surface area contributed by atoms with Crippen molar-refractivity contribution in [3.05, 3.63) is 64.7 Å². The summed E-state index contributed by atoms with van der Waals surface area (Å²) in [6.07, 6.45) is 2.11. The predicted octanol–water partition coefficient (Wildman–Crippen LogP) is 3.27. The Balaban J connectivity index is 1.62. The van der Waals surface area contributed by atoms with E-state index in [0.717, 1.165) is 48.3 Å². The van der Waals surface area contributed by atoms with Gasteiger partial charge in [-0.1, -0.05) is 36.4 Å². The zero-order chi connectivity index (χ0) is 19.2. The minimum Gasteiger partial charge on any atom is -0.376 e. The van der Waals surface area contributed by atoms with Crippen molar-refractivity contribution in [2.45, 2.75) is 33.2 Å². The van der Waals surface area contributed by atoms with Crippen molar-refractivity contribution in [2.24, 2.45) is 0 Å². The Labute approximate surface area is 160 Å². The number of amides is 2. The number of likely N-dealkylation sites (tertiary alicyclic amines) is 1. The van der Waals surface area contributed by atoms with Crippen LogP contribution in [-0.4, -0.2) is 36.3 Å². The molecular weight excluding hydrogens is 338 g/mol. The molecule has 0 bridgehead atoms. The molecule has 0 atom stereocenters. The van der Waals surface area contributed by atoms with E-state index in [0.29, 0.717) is 12.1 Å². The molecule has 1 heterocycles. The number of carbonyl (C=O) groups is 2. The summed E-state index contributed by atoms with van der Waals surface area (Å²) in [7, 11) is 0. The van der Waals surface area contributed by atoms with E-state index in [1.165, 1.54) is 0 Å². The van der Waals surface area contributed by atoms with E-state index < -0.39 is 0 Å². The summed E-state index contributed by atoms with van der Waals surface area (Å²) in [6.45, 7) is 6.22. The van der Waals surface area contributed by atoms with Crippen LogP contribution in [0.25, 0.3) is 0 Å². The second kappa shape index (κ2) is 8.71. The van der Waals surface area contributed by atoms with Gasteiger partial charge in [0.25, 0.3) is 5.91 Å². The van der Waals surface area contributed by atoms with Crippen LogP contribution >= 0.6 is 0 Å². The van der Waals surface area contributed by atoms with Crippen LogP contribution in [-0.2, 0) is 11.3 Å². The van der Waals surface area contributed by atoms with Crippen molar-refractivity contribution < 1.29 is 9.59 Å². The highest BCUT2D eigenvalue weighted by atomic mass is 16.2. The Bertz CT molecular complexity index is 826. The zero-order valence-electron chi connectivity index (χ0n) is 16.0. The average Bonchev–Trinajstić information content (AvgIpc) is 3.20. The lowest BCUT2D eigenvalue weighted by atomic mass is 10.0. The molecule has 0 unspecified atom stereocenters. The predicted molar refractivity (Wildman–Crippen MR) is 108 cm³/mol. The summed E-state index contributed by atoms with van der Waals surface area (Å²) < 4.78 is 0. The Hall–Kier alpha value is -2.82. The molecule has 2 amide bonds. The van der Waals surface area contributed by atoms with E-state index in [-0.39, 0.29) is 18.4 Å². The molecule has 0 aliphatic carbocycles. The first-order chi connectivity index (χ1) is 13.1. The van der Waals surface area contributed by atoms with Crippen molar-refractivity contribution in [2.75, 3.05) is 25.0 Å². The van der Waals surface area contributed by atoms with Gasteiger partial charge in [0.05, 0.1) is 12.1 Å². The molecular formula is C22H27N3O2. The Morgan fingerprint density at radius 1 is 0.963 bits per heavy atom. The molecule has 1 aliphatic rings. The van der Waals surface area contributed by atoms with Crippen LogP contribution in [0.3, 0.4) is 0 Å². The average molecular weight is 365 g/mol. The molecule has 1 aliphatic heterocycles. The summed E-state index contributed by atoms with van der Waals surface area (Å²) in [5.74, 6) is -0.0484. The number of benzene rings is 2. The van der Waals surface area contributed by atoms with Crippen LogP contribution in [0, 0.1) is 13.8 Å². The van der Waals surface area contributed by atoms with Crippen LogP contribution in [0.1, 0.15) is 39.9 Å². The van der Waals surface area contributed by atoms with Crippen molar-refractivity contribution in [3.8, 4) is 0 Å². The van der Waals surface area contributed by atoms with Crippen molar-refractivity contribution in [3.63, 3.8) is 0 Å². The first-order valence-electron chi connectivity index (χ1n) is 9.50. The SMILES string of the molecule is Cc1ccccc1CNC(=O)CNc1cccc(C)c1C(=O)N1CCCC1. The maximum absolute atomic E-state index is 12.9. The Kier molecular flexibility index (Phi) is 6.12. The van der Waals surface area contributed by atoms with E-state index in [1.807, 2.05) is 61.2 Å². The van der Waals surface area contributed by atoms with E-state index in [2.05, 4.69) is 10.6 Å². The largest absolute Gasteiger partial charge is 0.376 e. The highest BCUT2D eigenvalue weighted by molar-refractivity contribution is 6.01. The standard InChI is InChI=1S/C22H27N3O2/c1-16-8-3-4-10-18(16)14-24-20(26)15-23-19-11-7-9-17(2)21(19)22(27)25-12-5-6-13-25/h3-4,7-11,23H,5-6,12-15H2,1-2H3,(H,24,26). The monoisotopic (exact) mass is 365 g/mol. The molecule has 3 rings (SSSR count). The number of nitrogens with one attached hydrogen (secondary N) is 2. The van der Waals surface area contributed by atoms with Crippen LogP contribution < -0.4 is 10.6 Å². The molecule has 1 saturated heterocycles. The van der Waals surface area contributed by atoms with Crippen LogP contribution in [0.15, 0.2) is 42.5 Å². The minimum atomic E-state index is -0.0978. The minimum absolute atomic E-state index is 0.0495. The molecule has 27 heavy (non-hydrogen) atoms. The van der Waals surface area contributed by atoms with Gasteiger partial charge in [-0.25, -0.2) is 0 Å². The normalized spacial score (nSPS) is 13.5. The lowest BCUT2D eigenvalue weighted by Gasteiger charge is -2.20. The second-order valence-corrected chi connectivity index (χ2v) is 7.05. The molecule has 0 spiro atoms.